The van der Waals surface area contributed by atoms with Crippen LogP contribution in [0.3, 0.4) is 0 Å². The first-order valence-electron chi connectivity index (χ1n) is 5.39. The zero-order chi connectivity index (χ0) is 11.5. The fourth-order valence-electron chi connectivity index (χ4n) is 1.60. The van der Waals surface area contributed by atoms with Crippen molar-refractivity contribution in [2.45, 2.75) is 13.1 Å². The van der Waals surface area contributed by atoms with Crippen LogP contribution in [0.5, 0.6) is 0 Å². The molecule has 16 heavy (non-hydrogen) atoms. The molecule has 2 aromatic heterocycles. The van der Waals surface area contributed by atoms with Crippen molar-refractivity contribution in [1.82, 2.24) is 0 Å². The second-order valence-electron chi connectivity index (χ2n) is 4.03. The summed E-state index contributed by atoms with van der Waals surface area (Å²) in [6, 6.07) is 8.37. The maximum absolute atomic E-state index is 5.78. The number of aromatic nitrogens is 2. The number of hydrogen-bond acceptors (Lipinski definition) is 1. The third-order valence-corrected chi connectivity index (χ3v) is 2.63. The van der Waals surface area contributed by atoms with Gasteiger partial charge in [0.15, 0.2) is 24.8 Å². The zero-order valence-corrected chi connectivity index (χ0v) is 9.67. The van der Waals surface area contributed by atoms with Crippen LogP contribution in [0, 0.1) is 0 Å². The second kappa shape index (κ2) is 4.41. The molecule has 2 N–H and O–H groups in total. The van der Waals surface area contributed by atoms with E-state index in [1.54, 1.807) is 0 Å². The summed E-state index contributed by atoms with van der Waals surface area (Å²) in [5, 5.41) is 0. The van der Waals surface area contributed by atoms with Crippen molar-refractivity contribution in [3.63, 3.8) is 0 Å². The lowest BCUT2D eigenvalue weighted by Crippen LogP contribution is -2.41. The van der Waals surface area contributed by atoms with E-state index in [4.69, 9.17) is 5.73 Å². The van der Waals surface area contributed by atoms with E-state index in [1.165, 1.54) is 11.1 Å². The van der Waals surface area contributed by atoms with E-state index in [9.17, 15) is 0 Å². The Labute approximate surface area is 95.8 Å². The number of nitrogens with zero attached hydrogens (tertiary/aromatic N) is 2. The molecule has 0 aliphatic rings. The summed E-state index contributed by atoms with van der Waals surface area (Å²) in [4.78, 5) is 0. The van der Waals surface area contributed by atoms with Gasteiger partial charge in [-0.15, -0.1) is 0 Å². The Morgan fingerprint density at radius 2 is 1.38 bits per heavy atom. The van der Waals surface area contributed by atoms with Gasteiger partial charge in [-0.05, 0) is 11.1 Å². The highest BCUT2D eigenvalue weighted by Crippen LogP contribution is 2.15. The van der Waals surface area contributed by atoms with Crippen molar-refractivity contribution in [3.8, 4) is 11.1 Å². The van der Waals surface area contributed by atoms with Gasteiger partial charge in [-0.1, -0.05) is 0 Å². The molecule has 0 aliphatic carbocycles. The van der Waals surface area contributed by atoms with Crippen LogP contribution in [-0.4, -0.2) is 0 Å². The van der Waals surface area contributed by atoms with Crippen LogP contribution < -0.4 is 14.9 Å². The van der Waals surface area contributed by atoms with Crippen molar-refractivity contribution in [3.05, 3.63) is 49.1 Å². The molecule has 0 spiro atoms. The number of nitrogens with two attached hydrogens (primary N) is 1. The van der Waals surface area contributed by atoms with Crippen LogP contribution in [0.2, 0.25) is 0 Å². The molecule has 0 aromatic carbocycles. The van der Waals surface area contributed by atoms with Crippen molar-refractivity contribution in [2.24, 2.45) is 12.8 Å². The Morgan fingerprint density at radius 3 is 1.81 bits per heavy atom. The number of hydrogen-bond donors (Lipinski definition) is 1. The summed E-state index contributed by atoms with van der Waals surface area (Å²) in [5.74, 6) is 0. The molecule has 3 heteroatoms. The second-order valence-corrected chi connectivity index (χ2v) is 4.03. The molecule has 2 rings (SSSR count). The lowest BCUT2D eigenvalue weighted by molar-refractivity contribution is -0.719. The van der Waals surface area contributed by atoms with E-state index in [-0.39, 0.29) is 6.17 Å². The van der Waals surface area contributed by atoms with E-state index in [2.05, 4.69) is 24.3 Å². The fraction of sp³-hybridized carbons (Fsp3) is 0.231. The highest BCUT2D eigenvalue weighted by atomic mass is 15.1. The van der Waals surface area contributed by atoms with Gasteiger partial charge in [-0.3, -0.25) is 5.73 Å². The molecule has 0 saturated heterocycles. The van der Waals surface area contributed by atoms with Crippen LogP contribution in [0.4, 0.5) is 0 Å². The van der Waals surface area contributed by atoms with Gasteiger partial charge in [0.25, 0.3) is 0 Å². The minimum atomic E-state index is 0.0163. The molecule has 0 saturated carbocycles. The summed E-state index contributed by atoms with van der Waals surface area (Å²) >= 11 is 0. The Hall–Kier alpha value is -1.74. The van der Waals surface area contributed by atoms with Crippen molar-refractivity contribution < 1.29 is 9.13 Å². The van der Waals surface area contributed by atoms with Crippen molar-refractivity contribution in [2.75, 3.05) is 0 Å². The summed E-state index contributed by atoms with van der Waals surface area (Å²) in [7, 11) is 2.01. The average Bonchev–Trinajstić information content (AvgIpc) is 2.30. The van der Waals surface area contributed by atoms with Gasteiger partial charge in [0.05, 0.1) is 0 Å². The molecule has 0 radical (unpaired) electrons. The Morgan fingerprint density at radius 1 is 0.938 bits per heavy atom. The monoisotopic (exact) mass is 215 g/mol. The predicted octanol–water partition coefficient (Wildman–Crippen LogP) is 0.943. The molecular weight excluding hydrogens is 198 g/mol. The molecule has 2 aromatic rings. The number of rotatable bonds is 2. The topological polar surface area (TPSA) is 33.8 Å². The van der Waals surface area contributed by atoms with E-state index >= 15 is 0 Å². The van der Waals surface area contributed by atoms with E-state index < -0.39 is 0 Å². The SMILES string of the molecule is CC(N)[n+]1ccc(-c2cc[n+](C)cc2)cc1. The Bertz CT molecular complexity index is 458. The largest absolute Gasteiger partial charge is 0.273 e. The highest BCUT2D eigenvalue weighted by Gasteiger charge is 2.06. The normalized spacial score (nSPS) is 12.4. The first-order chi connectivity index (χ1) is 7.66. The van der Waals surface area contributed by atoms with Crippen molar-refractivity contribution in [1.29, 1.82) is 0 Å². The summed E-state index contributed by atoms with van der Waals surface area (Å²) in [6.45, 7) is 1.96. The third-order valence-electron chi connectivity index (χ3n) is 2.63. The molecule has 82 valence electrons. The molecule has 0 fully saturated rings. The first kappa shape index (κ1) is 10.8. The van der Waals surface area contributed by atoms with Gasteiger partial charge in [-0.25, -0.2) is 4.57 Å². The van der Waals surface area contributed by atoms with Crippen LogP contribution in [-0.2, 0) is 7.05 Å². The quantitative estimate of drug-likeness (QED) is 0.743. The van der Waals surface area contributed by atoms with E-state index in [1.807, 2.05) is 47.9 Å². The predicted molar refractivity (Wildman–Crippen MR) is 62.1 cm³/mol. The van der Waals surface area contributed by atoms with Crippen molar-refractivity contribution >= 4 is 0 Å². The zero-order valence-electron chi connectivity index (χ0n) is 9.67. The minimum Gasteiger partial charge on any atom is -0.273 e. The molecule has 0 amide bonds. The molecule has 0 bridgehead atoms. The summed E-state index contributed by atoms with van der Waals surface area (Å²) in [5.41, 5.74) is 8.21. The van der Waals surface area contributed by atoms with Gasteiger partial charge in [0, 0.05) is 31.2 Å². The van der Waals surface area contributed by atoms with E-state index in [0.717, 1.165) is 0 Å². The standard InChI is InChI=1S/C13H17N3/c1-11(14)16-9-5-13(6-10-16)12-3-7-15(2)8-4-12/h3-11H,14H2,1-2H3/q+2. The average molecular weight is 215 g/mol. The Balaban J connectivity index is 2.31. The molecular formula is C13H17N3+2. The molecule has 1 atom stereocenters. The highest BCUT2D eigenvalue weighted by molar-refractivity contribution is 5.60. The molecule has 0 aliphatic heterocycles. The minimum absolute atomic E-state index is 0.0163. The molecule has 1 unspecified atom stereocenters. The van der Waals surface area contributed by atoms with Gasteiger partial charge in [-0.2, -0.15) is 4.57 Å². The summed E-state index contributed by atoms with van der Waals surface area (Å²) < 4.78 is 4.00. The van der Waals surface area contributed by atoms with Crippen LogP contribution in [0.1, 0.15) is 13.1 Å². The van der Waals surface area contributed by atoms with Crippen LogP contribution >= 0.6 is 0 Å². The summed E-state index contributed by atoms with van der Waals surface area (Å²) in [6.07, 6.45) is 8.12. The third kappa shape index (κ3) is 2.25. The molecule has 3 nitrogen and oxygen atoms in total. The molecule has 2 heterocycles. The van der Waals surface area contributed by atoms with E-state index in [0.29, 0.717) is 0 Å². The van der Waals surface area contributed by atoms with Gasteiger partial charge >= 0.3 is 0 Å². The lowest BCUT2D eigenvalue weighted by atomic mass is 10.1. The van der Waals surface area contributed by atoms with Crippen LogP contribution in [0.25, 0.3) is 11.1 Å². The van der Waals surface area contributed by atoms with Gasteiger partial charge < -0.3 is 0 Å². The number of pyridine rings is 2. The maximum atomic E-state index is 5.78. The fourth-order valence-corrected chi connectivity index (χ4v) is 1.60. The first-order valence-corrected chi connectivity index (χ1v) is 5.39. The smallest absolute Gasteiger partial charge is 0.206 e. The number of aryl methyl sites for hydroxylation is 1. The maximum Gasteiger partial charge on any atom is 0.206 e. The Kier molecular flexibility index (Phi) is 2.97. The van der Waals surface area contributed by atoms with Crippen LogP contribution in [0.15, 0.2) is 49.1 Å². The van der Waals surface area contributed by atoms with Gasteiger partial charge in [0.1, 0.15) is 7.05 Å². The lowest BCUT2D eigenvalue weighted by Gasteiger charge is -2.02. The van der Waals surface area contributed by atoms with Gasteiger partial charge in [0.2, 0.25) is 6.17 Å².